The van der Waals surface area contributed by atoms with Crippen LogP contribution in [0.5, 0.6) is 0 Å². The number of anilines is 1. The lowest BCUT2D eigenvalue weighted by molar-refractivity contribution is 0.232. The number of nitrogens with zero attached hydrogens (tertiary/aromatic N) is 2. The van der Waals surface area contributed by atoms with Crippen molar-refractivity contribution >= 4 is 5.69 Å². The quantitative estimate of drug-likeness (QED) is 0.784. The van der Waals surface area contributed by atoms with Crippen LogP contribution in [-0.2, 0) is 0 Å². The van der Waals surface area contributed by atoms with Crippen molar-refractivity contribution in [1.82, 2.24) is 4.90 Å². The predicted octanol–water partition coefficient (Wildman–Crippen LogP) is 1.58. The van der Waals surface area contributed by atoms with Crippen molar-refractivity contribution in [3.05, 3.63) is 30.3 Å². The Hall–Kier alpha value is -1.06. The molecule has 0 aliphatic carbocycles. The minimum atomic E-state index is 0.323. The fourth-order valence-corrected chi connectivity index (χ4v) is 2.32. The topological polar surface area (TPSA) is 26.7 Å². The summed E-state index contributed by atoms with van der Waals surface area (Å²) in [6.07, 6.45) is 2.04. The second-order valence-electron chi connectivity index (χ2n) is 4.59. The van der Waals surface area contributed by atoms with E-state index >= 15 is 0 Å². The van der Waals surface area contributed by atoms with E-state index in [0.29, 0.717) is 6.61 Å². The van der Waals surface area contributed by atoms with E-state index in [1.165, 1.54) is 5.69 Å². The Kier molecular flexibility index (Phi) is 4.83. The van der Waals surface area contributed by atoms with Gasteiger partial charge in [0.25, 0.3) is 0 Å². The normalized spacial score (nSPS) is 17.4. The van der Waals surface area contributed by atoms with Crippen LogP contribution in [0.4, 0.5) is 5.69 Å². The molecule has 0 bridgehead atoms. The number of unbranched alkanes of at least 4 members (excludes halogenated alkanes) is 1. The molecule has 0 atom stereocenters. The fourth-order valence-electron chi connectivity index (χ4n) is 2.32. The zero-order valence-electron chi connectivity index (χ0n) is 10.4. The molecule has 1 fully saturated rings. The first-order chi connectivity index (χ1) is 8.40. The highest BCUT2D eigenvalue weighted by Crippen LogP contribution is 2.15. The van der Waals surface area contributed by atoms with Crippen molar-refractivity contribution in [3.63, 3.8) is 0 Å². The third-order valence-corrected chi connectivity index (χ3v) is 3.38. The molecule has 0 saturated carbocycles. The third-order valence-electron chi connectivity index (χ3n) is 3.38. The summed E-state index contributed by atoms with van der Waals surface area (Å²) in [5.74, 6) is 0. The Balaban J connectivity index is 1.74. The van der Waals surface area contributed by atoms with Gasteiger partial charge in [0.05, 0.1) is 0 Å². The number of piperazine rings is 1. The van der Waals surface area contributed by atoms with Crippen LogP contribution in [0.25, 0.3) is 0 Å². The van der Waals surface area contributed by atoms with Gasteiger partial charge in [-0.3, -0.25) is 4.90 Å². The van der Waals surface area contributed by atoms with Gasteiger partial charge >= 0.3 is 0 Å². The lowest BCUT2D eigenvalue weighted by atomic mass is 10.2. The van der Waals surface area contributed by atoms with E-state index < -0.39 is 0 Å². The van der Waals surface area contributed by atoms with Gasteiger partial charge < -0.3 is 10.0 Å². The van der Waals surface area contributed by atoms with Crippen LogP contribution < -0.4 is 4.90 Å². The standard InChI is InChI=1S/C14H22N2O/c17-13-5-4-8-15-9-11-16(12-10-15)14-6-2-1-3-7-14/h1-3,6-7,17H,4-5,8-13H2. The molecule has 94 valence electrons. The Morgan fingerprint density at radius 2 is 1.65 bits per heavy atom. The zero-order chi connectivity index (χ0) is 11.9. The van der Waals surface area contributed by atoms with Crippen LogP contribution in [0.3, 0.4) is 0 Å². The SMILES string of the molecule is OCCCCN1CCN(c2ccccc2)CC1. The number of benzene rings is 1. The summed E-state index contributed by atoms with van der Waals surface area (Å²) in [6, 6.07) is 10.6. The van der Waals surface area contributed by atoms with E-state index in [1.54, 1.807) is 0 Å². The Morgan fingerprint density at radius 3 is 2.29 bits per heavy atom. The van der Waals surface area contributed by atoms with Crippen molar-refractivity contribution in [2.45, 2.75) is 12.8 Å². The second kappa shape index (κ2) is 6.62. The fraction of sp³-hybridized carbons (Fsp3) is 0.571. The molecule has 0 amide bonds. The van der Waals surface area contributed by atoms with Gasteiger partial charge in [0.2, 0.25) is 0 Å². The lowest BCUT2D eigenvalue weighted by Crippen LogP contribution is -2.46. The van der Waals surface area contributed by atoms with Gasteiger partial charge in [-0.2, -0.15) is 0 Å². The highest BCUT2D eigenvalue weighted by Gasteiger charge is 2.16. The molecule has 1 aromatic carbocycles. The number of rotatable bonds is 5. The first-order valence-corrected chi connectivity index (χ1v) is 6.53. The molecule has 1 aliphatic heterocycles. The highest BCUT2D eigenvalue weighted by molar-refractivity contribution is 5.46. The maximum absolute atomic E-state index is 8.76. The molecule has 0 aromatic heterocycles. The molecule has 1 aliphatic rings. The molecule has 1 aromatic rings. The molecular weight excluding hydrogens is 212 g/mol. The molecule has 0 unspecified atom stereocenters. The molecule has 1 N–H and O–H groups in total. The third kappa shape index (κ3) is 3.72. The molecule has 1 heterocycles. The van der Waals surface area contributed by atoms with Crippen molar-refractivity contribution in [3.8, 4) is 0 Å². The van der Waals surface area contributed by atoms with Crippen LogP contribution in [-0.4, -0.2) is 49.3 Å². The smallest absolute Gasteiger partial charge is 0.0431 e. The first kappa shape index (κ1) is 12.4. The maximum atomic E-state index is 8.76. The maximum Gasteiger partial charge on any atom is 0.0431 e. The van der Waals surface area contributed by atoms with Gasteiger partial charge in [0, 0.05) is 38.5 Å². The highest BCUT2D eigenvalue weighted by atomic mass is 16.2. The predicted molar refractivity (Wildman–Crippen MR) is 71.4 cm³/mol. The number of hydrogen-bond donors (Lipinski definition) is 1. The number of aliphatic hydroxyl groups is 1. The van der Waals surface area contributed by atoms with Gasteiger partial charge in [-0.05, 0) is 31.5 Å². The van der Waals surface area contributed by atoms with Crippen molar-refractivity contribution in [2.75, 3.05) is 44.2 Å². The van der Waals surface area contributed by atoms with Gasteiger partial charge in [0.15, 0.2) is 0 Å². The molecule has 1 saturated heterocycles. The molecule has 0 spiro atoms. The lowest BCUT2D eigenvalue weighted by Gasteiger charge is -2.36. The first-order valence-electron chi connectivity index (χ1n) is 6.53. The molecule has 17 heavy (non-hydrogen) atoms. The monoisotopic (exact) mass is 234 g/mol. The van der Waals surface area contributed by atoms with Crippen LogP contribution in [0.15, 0.2) is 30.3 Å². The summed E-state index contributed by atoms with van der Waals surface area (Å²) < 4.78 is 0. The summed E-state index contributed by atoms with van der Waals surface area (Å²) in [4.78, 5) is 4.94. The van der Waals surface area contributed by atoms with Crippen LogP contribution >= 0.6 is 0 Å². The minimum absolute atomic E-state index is 0.323. The summed E-state index contributed by atoms with van der Waals surface area (Å²) in [7, 11) is 0. The van der Waals surface area contributed by atoms with Gasteiger partial charge in [-0.1, -0.05) is 18.2 Å². The van der Waals surface area contributed by atoms with Crippen LogP contribution in [0, 0.1) is 0 Å². The van der Waals surface area contributed by atoms with Crippen molar-refractivity contribution < 1.29 is 5.11 Å². The molecular formula is C14H22N2O. The minimum Gasteiger partial charge on any atom is -0.396 e. The van der Waals surface area contributed by atoms with Gasteiger partial charge in [-0.25, -0.2) is 0 Å². The van der Waals surface area contributed by atoms with E-state index in [2.05, 4.69) is 40.1 Å². The Labute approximate surface area is 104 Å². The Bertz CT molecular complexity index is 307. The largest absolute Gasteiger partial charge is 0.396 e. The average molecular weight is 234 g/mol. The summed E-state index contributed by atoms with van der Waals surface area (Å²) in [5, 5.41) is 8.76. The van der Waals surface area contributed by atoms with E-state index in [-0.39, 0.29) is 0 Å². The van der Waals surface area contributed by atoms with E-state index in [4.69, 9.17) is 5.11 Å². The second-order valence-corrected chi connectivity index (χ2v) is 4.59. The molecule has 3 nitrogen and oxygen atoms in total. The van der Waals surface area contributed by atoms with Crippen molar-refractivity contribution in [2.24, 2.45) is 0 Å². The number of hydrogen-bond acceptors (Lipinski definition) is 3. The van der Waals surface area contributed by atoms with Crippen LogP contribution in [0.2, 0.25) is 0 Å². The molecule has 0 radical (unpaired) electrons. The van der Waals surface area contributed by atoms with Gasteiger partial charge in [0.1, 0.15) is 0 Å². The van der Waals surface area contributed by atoms with E-state index in [9.17, 15) is 0 Å². The molecule has 2 rings (SSSR count). The van der Waals surface area contributed by atoms with Gasteiger partial charge in [-0.15, -0.1) is 0 Å². The summed E-state index contributed by atoms with van der Waals surface area (Å²) in [6.45, 7) is 5.96. The Morgan fingerprint density at radius 1 is 0.941 bits per heavy atom. The zero-order valence-corrected chi connectivity index (χ0v) is 10.4. The van der Waals surface area contributed by atoms with Crippen LogP contribution in [0.1, 0.15) is 12.8 Å². The average Bonchev–Trinajstić information content (AvgIpc) is 2.41. The summed E-state index contributed by atoms with van der Waals surface area (Å²) >= 11 is 0. The van der Waals surface area contributed by atoms with E-state index in [0.717, 1.165) is 45.6 Å². The van der Waals surface area contributed by atoms with E-state index in [1.807, 2.05) is 0 Å². The number of para-hydroxylation sites is 1. The number of aliphatic hydroxyl groups excluding tert-OH is 1. The molecule has 3 heteroatoms. The van der Waals surface area contributed by atoms with Crippen molar-refractivity contribution in [1.29, 1.82) is 0 Å². The summed E-state index contributed by atoms with van der Waals surface area (Å²) in [5.41, 5.74) is 1.34.